The number of ether oxygens (including phenoxy) is 1. The van der Waals surface area contributed by atoms with Crippen LogP contribution in [0.4, 0.5) is 0 Å². The predicted molar refractivity (Wildman–Crippen MR) is 60.0 cm³/mol. The lowest BCUT2D eigenvalue weighted by molar-refractivity contribution is -0.143. The number of carbonyl (C=O) groups is 1. The van der Waals surface area contributed by atoms with Crippen molar-refractivity contribution in [3.63, 3.8) is 0 Å². The van der Waals surface area contributed by atoms with Gasteiger partial charge in [-0.15, -0.1) is 12.4 Å². The summed E-state index contributed by atoms with van der Waals surface area (Å²) in [6, 6.07) is 9.82. The summed E-state index contributed by atoms with van der Waals surface area (Å²) in [5.74, 6) is -0.192. The first-order valence-electron chi connectivity index (χ1n) is 4.61. The molecule has 1 aliphatic carbocycles. The first-order valence-corrected chi connectivity index (χ1v) is 4.61. The summed E-state index contributed by atoms with van der Waals surface area (Å²) in [6.45, 7) is 0. The van der Waals surface area contributed by atoms with E-state index in [1.807, 2.05) is 30.3 Å². The molecule has 2 rings (SSSR count). The molecule has 0 radical (unpaired) electrons. The molecule has 2 atom stereocenters. The zero-order chi connectivity index (χ0) is 10.2. The van der Waals surface area contributed by atoms with Crippen molar-refractivity contribution >= 4 is 18.4 Å². The van der Waals surface area contributed by atoms with E-state index in [9.17, 15) is 4.79 Å². The minimum Gasteiger partial charge on any atom is -0.468 e. The van der Waals surface area contributed by atoms with E-state index in [-0.39, 0.29) is 24.3 Å². The predicted octanol–water partition coefficient (Wildman–Crippen LogP) is 1.47. The second-order valence-electron chi connectivity index (χ2n) is 3.70. The molecule has 0 heterocycles. The van der Waals surface area contributed by atoms with Crippen molar-refractivity contribution < 1.29 is 9.53 Å². The number of carbonyl (C=O) groups excluding carboxylic acids is 1. The first kappa shape index (κ1) is 12.0. The molecular weight excluding hydrogens is 214 g/mol. The Kier molecular flexibility index (Phi) is 3.37. The minimum absolute atomic E-state index is 0. The van der Waals surface area contributed by atoms with Crippen LogP contribution in [0.15, 0.2) is 30.3 Å². The summed E-state index contributed by atoms with van der Waals surface area (Å²) in [6.07, 6.45) is 0.684. The van der Waals surface area contributed by atoms with Gasteiger partial charge in [-0.25, -0.2) is 0 Å². The van der Waals surface area contributed by atoms with E-state index in [0.717, 1.165) is 5.56 Å². The highest BCUT2D eigenvalue weighted by atomic mass is 35.5. The fraction of sp³-hybridized carbons (Fsp3) is 0.364. The monoisotopic (exact) mass is 227 g/mol. The topological polar surface area (TPSA) is 52.3 Å². The van der Waals surface area contributed by atoms with Crippen LogP contribution in [0.5, 0.6) is 0 Å². The summed E-state index contributed by atoms with van der Waals surface area (Å²) in [5.41, 5.74) is 6.23. The van der Waals surface area contributed by atoms with Gasteiger partial charge in [0.1, 0.15) is 5.54 Å². The molecule has 1 aromatic rings. The number of halogens is 1. The molecule has 1 fully saturated rings. The van der Waals surface area contributed by atoms with E-state index in [1.165, 1.54) is 7.11 Å². The van der Waals surface area contributed by atoms with Gasteiger partial charge in [-0.1, -0.05) is 30.3 Å². The van der Waals surface area contributed by atoms with Crippen LogP contribution in [-0.2, 0) is 9.53 Å². The Balaban J connectivity index is 0.00000112. The van der Waals surface area contributed by atoms with Crippen LogP contribution in [0, 0.1) is 0 Å². The number of hydrogen-bond acceptors (Lipinski definition) is 3. The van der Waals surface area contributed by atoms with E-state index in [1.54, 1.807) is 0 Å². The molecule has 1 aliphatic rings. The Morgan fingerprint density at radius 2 is 2.07 bits per heavy atom. The van der Waals surface area contributed by atoms with E-state index < -0.39 is 5.54 Å². The lowest BCUT2D eigenvalue weighted by Gasteiger charge is -2.08. The van der Waals surface area contributed by atoms with Crippen LogP contribution >= 0.6 is 12.4 Å². The first-order chi connectivity index (χ1) is 6.68. The highest BCUT2D eigenvalue weighted by Gasteiger charge is 2.58. The molecule has 2 unspecified atom stereocenters. The highest BCUT2D eigenvalue weighted by Crippen LogP contribution is 2.49. The van der Waals surface area contributed by atoms with Gasteiger partial charge in [0.05, 0.1) is 7.11 Å². The van der Waals surface area contributed by atoms with Crippen molar-refractivity contribution in [1.29, 1.82) is 0 Å². The maximum atomic E-state index is 11.3. The fourth-order valence-electron chi connectivity index (χ4n) is 1.80. The average Bonchev–Trinajstić information content (AvgIpc) is 2.92. The third-order valence-corrected chi connectivity index (χ3v) is 2.77. The second kappa shape index (κ2) is 4.21. The van der Waals surface area contributed by atoms with Crippen molar-refractivity contribution in [2.45, 2.75) is 17.9 Å². The smallest absolute Gasteiger partial charge is 0.326 e. The van der Waals surface area contributed by atoms with E-state index in [2.05, 4.69) is 4.74 Å². The van der Waals surface area contributed by atoms with Crippen LogP contribution in [0.1, 0.15) is 17.9 Å². The van der Waals surface area contributed by atoms with Gasteiger partial charge in [-0.05, 0) is 12.0 Å². The molecule has 0 aliphatic heterocycles. The molecule has 82 valence electrons. The van der Waals surface area contributed by atoms with Gasteiger partial charge < -0.3 is 10.5 Å². The SMILES string of the molecule is COC(=O)C1(N)CC1c1ccccc1.Cl. The van der Waals surface area contributed by atoms with Crippen LogP contribution in [-0.4, -0.2) is 18.6 Å². The van der Waals surface area contributed by atoms with E-state index in [0.29, 0.717) is 6.42 Å². The molecule has 0 spiro atoms. The molecule has 3 nitrogen and oxygen atoms in total. The zero-order valence-electron chi connectivity index (χ0n) is 8.47. The summed E-state index contributed by atoms with van der Waals surface area (Å²) in [7, 11) is 1.37. The molecule has 0 aromatic heterocycles. The zero-order valence-corrected chi connectivity index (χ0v) is 9.29. The molecule has 15 heavy (non-hydrogen) atoms. The van der Waals surface area contributed by atoms with E-state index >= 15 is 0 Å². The maximum Gasteiger partial charge on any atom is 0.326 e. The quantitative estimate of drug-likeness (QED) is 0.779. The largest absolute Gasteiger partial charge is 0.468 e. The van der Waals surface area contributed by atoms with Gasteiger partial charge in [-0.2, -0.15) is 0 Å². The molecule has 0 saturated heterocycles. The number of methoxy groups -OCH3 is 1. The lowest BCUT2D eigenvalue weighted by Crippen LogP contribution is -2.35. The highest BCUT2D eigenvalue weighted by molar-refractivity contribution is 5.86. The minimum atomic E-state index is -0.782. The van der Waals surface area contributed by atoms with Gasteiger partial charge in [0.25, 0.3) is 0 Å². The molecule has 2 N–H and O–H groups in total. The average molecular weight is 228 g/mol. The Morgan fingerprint density at radius 3 is 2.60 bits per heavy atom. The summed E-state index contributed by atoms with van der Waals surface area (Å²) in [5, 5.41) is 0. The van der Waals surface area contributed by atoms with Crippen LogP contribution in [0.25, 0.3) is 0 Å². The van der Waals surface area contributed by atoms with Crippen LogP contribution < -0.4 is 5.73 Å². The van der Waals surface area contributed by atoms with E-state index in [4.69, 9.17) is 5.73 Å². The maximum absolute atomic E-state index is 11.3. The Bertz CT molecular complexity index is 355. The number of hydrogen-bond donors (Lipinski definition) is 1. The van der Waals surface area contributed by atoms with Crippen molar-refractivity contribution in [2.24, 2.45) is 5.73 Å². The van der Waals surface area contributed by atoms with Gasteiger partial charge in [0.2, 0.25) is 0 Å². The number of benzene rings is 1. The Hall–Kier alpha value is -1.06. The van der Waals surface area contributed by atoms with Crippen molar-refractivity contribution in [3.8, 4) is 0 Å². The van der Waals surface area contributed by atoms with Gasteiger partial charge >= 0.3 is 5.97 Å². The Labute approximate surface area is 95.0 Å². The summed E-state index contributed by atoms with van der Waals surface area (Å²) >= 11 is 0. The number of esters is 1. The molecule has 1 saturated carbocycles. The molecule has 4 heteroatoms. The summed E-state index contributed by atoms with van der Waals surface area (Å²) < 4.78 is 4.66. The van der Waals surface area contributed by atoms with Gasteiger partial charge in [0, 0.05) is 5.92 Å². The van der Waals surface area contributed by atoms with Gasteiger partial charge in [0.15, 0.2) is 0 Å². The molecule has 0 amide bonds. The fourth-order valence-corrected chi connectivity index (χ4v) is 1.80. The normalized spacial score (nSPS) is 27.7. The van der Waals surface area contributed by atoms with Gasteiger partial charge in [-0.3, -0.25) is 4.79 Å². The van der Waals surface area contributed by atoms with Crippen LogP contribution in [0.2, 0.25) is 0 Å². The number of nitrogens with two attached hydrogens (primary N) is 1. The van der Waals surface area contributed by atoms with Crippen molar-refractivity contribution in [3.05, 3.63) is 35.9 Å². The standard InChI is InChI=1S/C11H13NO2.ClH/c1-14-10(13)11(12)7-9(11)8-5-3-2-4-6-8;/h2-6,9H,7,12H2,1H3;1H. The second-order valence-corrected chi connectivity index (χ2v) is 3.70. The Morgan fingerprint density at radius 1 is 1.47 bits per heavy atom. The molecule has 1 aromatic carbocycles. The molecule has 0 bridgehead atoms. The molecular formula is C11H14ClNO2. The van der Waals surface area contributed by atoms with Crippen LogP contribution in [0.3, 0.4) is 0 Å². The third kappa shape index (κ3) is 1.98. The lowest BCUT2D eigenvalue weighted by atomic mass is 10.1. The van der Waals surface area contributed by atoms with Crippen molar-refractivity contribution in [1.82, 2.24) is 0 Å². The summed E-state index contributed by atoms with van der Waals surface area (Å²) in [4.78, 5) is 11.3. The third-order valence-electron chi connectivity index (χ3n) is 2.77. The number of rotatable bonds is 2. The van der Waals surface area contributed by atoms with Crippen molar-refractivity contribution in [2.75, 3.05) is 7.11 Å².